The van der Waals surface area contributed by atoms with E-state index in [2.05, 4.69) is 10.1 Å². The molecule has 23 heavy (non-hydrogen) atoms. The Balaban J connectivity index is 1.98. The number of methoxy groups -OCH3 is 1. The van der Waals surface area contributed by atoms with Gasteiger partial charge in [0.05, 0.1) is 19.2 Å². The second kappa shape index (κ2) is 7.71. The zero-order valence-electron chi connectivity index (χ0n) is 12.9. The molecule has 6 nitrogen and oxygen atoms in total. The molecule has 0 spiro atoms. The Labute approximate surface area is 133 Å². The molecule has 0 aromatic heterocycles. The van der Waals surface area contributed by atoms with Gasteiger partial charge in [0.1, 0.15) is 11.9 Å². The van der Waals surface area contributed by atoms with Crippen LogP contribution in [-0.4, -0.2) is 37.5 Å². The maximum absolute atomic E-state index is 13.9. The topological polar surface area (TPSA) is 75.7 Å². The fourth-order valence-corrected chi connectivity index (χ4v) is 2.50. The van der Waals surface area contributed by atoms with Gasteiger partial charge in [-0.3, -0.25) is 14.4 Å². The van der Waals surface area contributed by atoms with E-state index in [9.17, 15) is 18.8 Å². The third-order valence-electron chi connectivity index (χ3n) is 3.70. The second-order valence-electron chi connectivity index (χ2n) is 5.28. The molecular formula is C16H19FN2O4. The number of esters is 1. The first kappa shape index (κ1) is 16.9. The lowest BCUT2D eigenvalue weighted by Crippen LogP contribution is -2.52. The van der Waals surface area contributed by atoms with Crippen LogP contribution in [0.25, 0.3) is 0 Å². The standard InChI is InChI=1S/C16H19FN2O4/c1-23-15(21)9-8-14(20)18-12-6-4-10-19(16(12)22)13-7-3-2-5-11(13)17/h2-3,5,7,12H,4,6,8-10H2,1H3,(H,18,20). The number of nitrogens with one attached hydrogen (secondary N) is 1. The number of amides is 2. The van der Waals surface area contributed by atoms with Crippen LogP contribution in [0.15, 0.2) is 24.3 Å². The molecule has 1 aliphatic rings. The lowest BCUT2D eigenvalue weighted by molar-refractivity contribution is -0.142. The van der Waals surface area contributed by atoms with Crippen molar-refractivity contribution in [3.63, 3.8) is 0 Å². The first-order valence-electron chi connectivity index (χ1n) is 7.45. The van der Waals surface area contributed by atoms with Crippen molar-refractivity contribution in [2.45, 2.75) is 31.7 Å². The van der Waals surface area contributed by atoms with E-state index in [1.165, 1.54) is 24.1 Å². The summed E-state index contributed by atoms with van der Waals surface area (Å²) in [5.74, 6) is -1.70. The number of hydrogen-bond donors (Lipinski definition) is 1. The monoisotopic (exact) mass is 322 g/mol. The number of carbonyl (C=O) groups excluding carboxylic acids is 3. The Morgan fingerprint density at radius 1 is 1.35 bits per heavy atom. The summed E-state index contributed by atoms with van der Waals surface area (Å²) in [6, 6.07) is 5.34. The minimum absolute atomic E-state index is 0.0414. The number of halogens is 1. The molecule has 1 fully saturated rings. The van der Waals surface area contributed by atoms with Crippen LogP contribution >= 0.6 is 0 Å². The number of piperidine rings is 1. The predicted molar refractivity (Wildman–Crippen MR) is 81.2 cm³/mol. The van der Waals surface area contributed by atoms with Crippen LogP contribution in [0.1, 0.15) is 25.7 Å². The average molecular weight is 322 g/mol. The van der Waals surface area contributed by atoms with Crippen LogP contribution in [0.2, 0.25) is 0 Å². The van der Waals surface area contributed by atoms with E-state index in [-0.39, 0.29) is 24.4 Å². The van der Waals surface area contributed by atoms with Crippen molar-refractivity contribution in [2.24, 2.45) is 0 Å². The minimum atomic E-state index is -0.700. The molecule has 1 heterocycles. The number of rotatable bonds is 5. The molecule has 1 aromatic carbocycles. The Hall–Kier alpha value is -2.44. The van der Waals surface area contributed by atoms with E-state index in [4.69, 9.17) is 0 Å². The Morgan fingerprint density at radius 3 is 2.78 bits per heavy atom. The van der Waals surface area contributed by atoms with Gasteiger partial charge in [-0.25, -0.2) is 4.39 Å². The SMILES string of the molecule is COC(=O)CCC(=O)NC1CCCN(c2ccccc2F)C1=O. The smallest absolute Gasteiger partial charge is 0.306 e. The van der Waals surface area contributed by atoms with Gasteiger partial charge in [0.2, 0.25) is 11.8 Å². The van der Waals surface area contributed by atoms with Gasteiger partial charge < -0.3 is 15.0 Å². The number of para-hydroxylation sites is 1. The summed E-state index contributed by atoms with van der Waals surface area (Å²) in [6.45, 7) is 0.411. The summed E-state index contributed by atoms with van der Waals surface area (Å²) < 4.78 is 18.3. The number of nitrogens with zero attached hydrogens (tertiary/aromatic N) is 1. The first-order valence-corrected chi connectivity index (χ1v) is 7.45. The van der Waals surface area contributed by atoms with Crippen LogP contribution in [0.5, 0.6) is 0 Å². The minimum Gasteiger partial charge on any atom is -0.469 e. The highest BCUT2D eigenvalue weighted by molar-refractivity contribution is 6.00. The number of carbonyl (C=O) groups is 3. The van der Waals surface area contributed by atoms with Crippen LogP contribution in [0.4, 0.5) is 10.1 Å². The Kier molecular flexibility index (Phi) is 5.67. The zero-order valence-corrected chi connectivity index (χ0v) is 12.9. The first-order chi connectivity index (χ1) is 11.0. The molecule has 0 bridgehead atoms. The third-order valence-corrected chi connectivity index (χ3v) is 3.70. The molecule has 0 aliphatic carbocycles. The van der Waals surface area contributed by atoms with Crippen LogP contribution in [0, 0.1) is 5.82 Å². The third kappa shape index (κ3) is 4.28. The van der Waals surface area contributed by atoms with Crippen molar-refractivity contribution in [3.05, 3.63) is 30.1 Å². The van der Waals surface area contributed by atoms with Gasteiger partial charge >= 0.3 is 5.97 Å². The average Bonchev–Trinajstić information content (AvgIpc) is 2.55. The Morgan fingerprint density at radius 2 is 2.09 bits per heavy atom. The fraction of sp³-hybridized carbons (Fsp3) is 0.438. The van der Waals surface area contributed by atoms with Gasteiger partial charge in [0.15, 0.2) is 0 Å². The van der Waals surface area contributed by atoms with Crippen molar-refractivity contribution in [2.75, 3.05) is 18.6 Å². The molecule has 1 aromatic rings. The lowest BCUT2D eigenvalue weighted by atomic mass is 10.0. The van der Waals surface area contributed by atoms with E-state index in [1.807, 2.05) is 0 Å². The van der Waals surface area contributed by atoms with Crippen molar-refractivity contribution in [3.8, 4) is 0 Å². The second-order valence-corrected chi connectivity index (χ2v) is 5.28. The van der Waals surface area contributed by atoms with E-state index in [0.717, 1.165) is 0 Å². The molecular weight excluding hydrogens is 303 g/mol. The van der Waals surface area contributed by atoms with Gasteiger partial charge in [0, 0.05) is 13.0 Å². The van der Waals surface area contributed by atoms with Crippen molar-refractivity contribution in [1.29, 1.82) is 0 Å². The van der Waals surface area contributed by atoms with E-state index < -0.39 is 23.7 Å². The molecule has 2 amide bonds. The number of ether oxygens (including phenoxy) is 1. The van der Waals surface area contributed by atoms with Gasteiger partial charge in [-0.1, -0.05) is 12.1 Å². The molecule has 7 heteroatoms. The predicted octanol–water partition coefficient (Wildman–Crippen LogP) is 1.39. The summed E-state index contributed by atoms with van der Waals surface area (Å²) >= 11 is 0. The normalized spacial score (nSPS) is 17.7. The lowest BCUT2D eigenvalue weighted by Gasteiger charge is -2.32. The van der Waals surface area contributed by atoms with Crippen molar-refractivity contribution in [1.82, 2.24) is 5.32 Å². The summed E-state index contributed by atoms with van der Waals surface area (Å²) in [7, 11) is 1.25. The van der Waals surface area contributed by atoms with E-state index in [1.54, 1.807) is 12.1 Å². The van der Waals surface area contributed by atoms with E-state index >= 15 is 0 Å². The number of benzene rings is 1. The summed E-state index contributed by atoms with van der Waals surface area (Å²) in [5.41, 5.74) is 0.214. The highest BCUT2D eigenvalue weighted by Gasteiger charge is 2.31. The van der Waals surface area contributed by atoms with Crippen LogP contribution < -0.4 is 10.2 Å². The van der Waals surface area contributed by atoms with Gasteiger partial charge in [0.25, 0.3) is 0 Å². The maximum atomic E-state index is 13.9. The maximum Gasteiger partial charge on any atom is 0.306 e. The fourth-order valence-electron chi connectivity index (χ4n) is 2.50. The quantitative estimate of drug-likeness (QED) is 0.831. The molecule has 1 saturated heterocycles. The molecule has 1 unspecified atom stereocenters. The highest BCUT2D eigenvalue weighted by atomic mass is 19.1. The van der Waals surface area contributed by atoms with Gasteiger partial charge in [-0.15, -0.1) is 0 Å². The molecule has 124 valence electrons. The zero-order chi connectivity index (χ0) is 16.8. The molecule has 1 atom stereocenters. The number of hydrogen-bond acceptors (Lipinski definition) is 4. The molecule has 1 aliphatic heterocycles. The number of anilines is 1. The van der Waals surface area contributed by atoms with Crippen molar-refractivity contribution < 1.29 is 23.5 Å². The largest absolute Gasteiger partial charge is 0.469 e. The molecule has 2 rings (SSSR count). The Bertz CT molecular complexity index is 605. The van der Waals surface area contributed by atoms with Gasteiger partial charge in [-0.05, 0) is 25.0 Å². The molecule has 0 radical (unpaired) electrons. The summed E-state index contributed by atoms with van der Waals surface area (Å²) in [5, 5.41) is 2.61. The summed E-state index contributed by atoms with van der Waals surface area (Å²) in [6.07, 6.45) is 1.06. The van der Waals surface area contributed by atoms with Crippen molar-refractivity contribution >= 4 is 23.5 Å². The summed E-state index contributed by atoms with van der Waals surface area (Å²) in [4.78, 5) is 36.7. The highest BCUT2D eigenvalue weighted by Crippen LogP contribution is 2.23. The molecule has 0 saturated carbocycles. The van der Waals surface area contributed by atoms with Crippen LogP contribution in [0.3, 0.4) is 0 Å². The van der Waals surface area contributed by atoms with Crippen LogP contribution in [-0.2, 0) is 19.1 Å². The van der Waals surface area contributed by atoms with Gasteiger partial charge in [-0.2, -0.15) is 0 Å². The van der Waals surface area contributed by atoms with E-state index in [0.29, 0.717) is 19.4 Å². The molecule has 1 N–H and O–H groups in total.